The van der Waals surface area contributed by atoms with Crippen LogP contribution in [0.5, 0.6) is 11.5 Å². The largest absolute Gasteiger partial charge is 0.507 e. The number of carbonyl (C=O) groups excluding carboxylic acids is 1. The summed E-state index contributed by atoms with van der Waals surface area (Å²) in [7, 11) is 0. The lowest BCUT2D eigenvalue weighted by molar-refractivity contribution is -0.123. The Bertz CT molecular complexity index is 893. The first-order valence-electron chi connectivity index (χ1n) is 7.33. The first kappa shape index (κ1) is 16.8. The Morgan fingerprint density at radius 3 is 2.68 bits per heavy atom. The maximum Gasteiger partial charge on any atom is 0.271 e. The summed E-state index contributed by atoms with van der Waals surface area (Å²) in [6, 6.07) is 12.1. The van der Waals surface area contributed by atoms with Crippen LogP contribution in [-0.4, -0.2) is 27.8 Å². The molecule has 7 nitrogen and oxygen atoms in total. The van der Waals surface area contributed by atoms with Gasteiger partial charge in [-0.3, -0.25) is 15.3 Å². The van der Waals surface area contributed by atoms with Gasteiger partial charge in [0, 0.05) is 22.2 Å². The number of aromatic nitrogens is 2. The van der Waals surface area contributed by atoms with Gasteiger partial charge in [-0.15, -0.1) is 0 Å². The number of nitrogens with one attached hydrogen (secondary N) is 2. The lowest BCUT2D eigenvalue weighted by atomic mass is 10.0. The zero-order valence-corrected chi connectivity index (χ0v) is 13.7. The second-order valence-corrected chi connectivity index (χ2v) is 5.64. The van der Waals surface area contributed by atoms with Crippen molar-refractivity contribution in [3.8, 4) is 33.9 Å². The highest BCUT2D eigenvalue weighted by atomic mass is 35.5. The number of carbonyl (C=O) groups is 1. The number of hydrazine groups is 1. The van der Waals surface area contributed by atoms with E-state index in [1.165, 1.54) is 6.07 Å². The SMILES string of the molecule is NNC(=O)COc1ccc(-c2[nH]ncc2-c2ccc(Cl)cc2)c(O)c1. The van der Waals surface area contributed by atoms with Gasteiger partial charge in [-0.25, -0.2) is 5.84 Å². The van der Waals surface area contributed by atoms with Crippen LogP contribution in [0.4, 0.5) is 0 Å². The third kappa shape index (κ3) is 3.73. The number of aromatic amines is 1. The summed E-state index contributed by atoms with van der Waals surface area (Å²) in [6.07, 6.45) is 1.67. The number of halogens is 1. The standard InChI is InChI=1S/C17H15ClN4O3/c18-11-3-1-10(2-4-11)14-8-20-22-17(14)13-6-5-12(7-15(13)23)25-9-16(24)21-19/h1-8,23H,9,19H2,(H,20,22)(H,21,24). The predicted molar refractivity (Wildman–Crippen MR) is 94.0 cm³/mol. The molecule has 1 amide bonds. The molecule has 0 aliphatic carbocycles. The maximum atomic E-state index is 11.1. The minimum atomic E-state index is -0.470. The highest BCUT2D eigenvalue weighted by Gasteiger charge is 2.14. The van der Waals surface area contributed by atoms with Crippen LogP contribution in [0.1, 0.15) is 0 Å². The van der Waals surface area contributed by atoms with E-state index in [4.69, 9.17) is 22.2 Å². The molecule has 2 aromatic carbocycles. The van der Waals surface area contributed by atoms with Crippen LogP contribution in [-0.2, 0) is 4.79 Å². The van der Waals surface area contributed by atoms with Gasteiger partial charge in [0.05, 0.1) is 11.9 Å². The fraction of sp³-hybridized carbons (Fsp3) is 0.0588. The van der Waals surface area contributed by atoms with Crippen LogP contribution in [0.25, 0.3) is 22.4 Å². The van der Waals surface area contributed by atoms with E-state index in [1.54, 1.807) is 30.5 Å². The fourth-order valence-corrected chi connectivity index (χ4v) is 2.47. The molecule has 0 aliphatic rings. The number of benzene rings is 2. The quantitative estimate of drug-likeness (QED) is 0.318. The van der Waals surface area contributed by atoms with Gasteiger partial charge < -0.3 is 9.84 Å². The molecule has 25 heavy (non-hydrogen) atoms. The summed E-state index contributed by atoms with van der Waals surface area (Å²) in [5.74, 6) is 4.85. The number of nitrogens with zero attached hydrogens (tertiary/aromatic N) is 1. The van der Waals surface area contributed by atoms with Crippen molar-refractivity contribution < 1.29 is 14.6 Å². The monoisotopic (exact) mass is 358 g/mol. The van der Waals surface area contributed by atoms with Crippen LogP contribution in [0.2, 0.25) is 5.02 Å². The molecule has 1 heterocycles. The van der Waals surface area contributed by atoms with Crippen molar-refractivity contribution in [3.63, 3.8) is 0 Å². The van der Waals surface area contributed by atoms with Crippen molar-refractivity contribution in [2.24, 2.45) is 5.84 Å². The highest BCUT2D eigenvalue weighted by Crippen LogP contribution is 2.37. The topological polar surface area (TPSA) is 113 Å². The zero-order valence-electron chi connectivity index (χ0n) is 13.0. The van der Waals surface area contributed by atoms with Crippen LogP contribution >= 0.6 is 11.6 Å². The number of amides is 1. The van der Waals surface area contributed by atoms with Gasteiger partial charge in [0.25, 0.3) is 5.91 Å². The van der Waals surface area contributed by atoms with E-state index in [2.05, 4.69) is 10.2 Å². The van der Waals surface area contributed by atoms with E-state index in [-0.39, 0.29) is 12.4 Å². The Hall–Kier alpha value is -3.03. The molecule has 0 unspecified atom stereocenters. The van der Waals surface area contributed by atoms with Crippen molar-refractivity contribution in [3.05, 3.63) is 53.7 Å². The van der Waals surface area contributed by atoms with Crippen LogP contribution in [0.15, 0.2) is 48.7 Å². The van der Waals surface area contributed by atoms with Gasteiger partial charge in [-0.05, 0) is 29.8 Å². The summed E-state index contributed by atoms with van der Waals surface area (Å²) >= 11 is 5.92. The van der Waals surface area contributed by atoms with Crippen molar-refractivity contribution >= 4 is 17.5 Å². The minimum Gasteiger partial charge on any atom is -0.507 e. The normalized spacial score (nSPS) is 10.5. The number of ether oxygens (including phenoxy) is 1. The van der Waals surface area contributed by atoms with E-state index in [1.807, 2.05) is 17.6 Å². The number of hydrogen-bond donors (Lipinski definition) is 4. The average Bonchev–Trinajstić information content (AvgIpc) is 3.09. The van der Waals surface area contributed by atoms with Gasteiger partial charge in [0.2, 0.25) is 0 Å². The molecule has 0 saturated heterocycles. The molecule has 0 aliphatic heterocycles. The van der Waals surface area contributed by atoms with E-state index in [9.17, 15) is 9.90 Å². The number of aromatic hydroxyl groups is 1. The molecule has 3 aromatic rings. The molecule has 3 rings (SSSR count). The molecule has 0 bridgehead atoms. The van der Waals surface area contributed by atoms with Crippen LogP contribution in [0, 0.1) is 0 Å². The number of nitrogens with two attached hydrogens (primary N) is 1. The molecular weight excluding hydrogens is 344 g/mol. The van der Waals surface area contributed by atoms with Crippen molar-refractivity contribution in [1.29, 1.82) is 0 Å². The lowest BCUT2D eigenvalue weighted by Gasteiger charge is -2.09. The number of phenolic OH excluding ortho intramolecular Hbond substituents is 1. The second kappa shape index (κ2) is 7.25. The Balaban J connectivity index is 1.89. The molecular formula is C17H15ClN4O3. The van der Waals surface area contributed by atoms with Crippen LogP contribution in [0.3, 0.4) is 0 Å². The number of phenols is 1. The van der Waals surface area contributed by atoms with Gasteiger partial charge >= 0.3 is 0 Å². The summed E-state index contributed by atoms with van der Waals surface area (Å²) in [5.41, 5.74) is 4.91. The molecule has 0 saturated carbocycles. The average molecular weight is 359 g/mol. The Labute approximate surface area is 148 Å². The summed E-state index contributed by atoms with van der Waals surface area (Å²) < 4.78 is 5.25. The molecule has 5 N–H and O–H groups in total. The molecule has 0 spiro atoms. The summed E-state index contributed by atoms with van der Waals surface area (Å²) in [6.45, 7) is -0.241. The Morgan fingerprint density at radius 2 is 2.00 bits per heavy atom. The molecule has 8 heteroatoms. The van der Waals surface area contributed by atoms with Gasteiger partial charge in [0.1, 0.15) is 11.5 Å². The molecule has 128 valence electrons. The number of rotatable bonds is 5. The third-order valence-electron chi connectivity index (χ3n) is 3.56. The van der Waals surface area contributed by atoms with E-state index < -0.39 is 5.91 Å². The molecule has 0 atom stereocenters. The van der Waals surface area contributed by atoms with E-state index in [0.29, 0.717) is 22.0 Å². The molecule has 0 radical (unpaired) electrons. The van der Waals surface area contributed by atoms with Crippen molar-refractivity contribution in [2.75, 3.05) is 6.61 Å². The first-order valence-corrected chi connectivity index (χ1v) is 7.71. The Kier molecular flexibility index (Phi) is 4.87. The third-order valence-corrected chi connectivity index (χ3v) is 3.82. The first-order chi connectivity index (χ1) is 12.1. The summed E-state index contributed by atoms with van der Waals surface area (Å²) in [4.78, 5) is 11.1. The summed E-state index contributed by atoms with van der Waals surface area (Å²) in [5, 5.41) is 17.9. The highest BCUT2D eigenvalue weighted by molar-refractivity contribution is 6.30. The van der Waals surface area contributed by atoms with E-state index >= 15 is 0 Å². The lowest BCUT2D eigenvalue weighted by Crippen LogP contribution is -2.34. The smallest absolute Gasteiger partial charge is 0.271 e. The Morgan fingerprint density at radius 1 is 1.24 bits per heavy atom. The fourth-order valence-electron chi connectivity index (χ4n) is 2.34. The number of H-pyrrole nitrogens is 1. The zero-order chi connectivity index (χ0) is 17.8. The van der Waals surface area contributed by atoms with E-state index in [0.717, 1.165) is 11.1 Å². The molecule has 1 aromatic heterocycles. The van der Waals surface area contributed by atoms with Gasteiger partial charge in [-0.2, -0.15) is 5.10 Å². The maximum absolute atomic E-state index is 11.1. The molecule has 0 fully saturated rings. The predicted octanol–water partition coefficient (Wildman–Crippen LogP) is 2.47. The van der Waals surface area contributed by atoms with Gasteiger partial charge in [0.15, 0.2) is 6.61 Å². The van der Waals surface area contributed by atoms with Crippen molar-refractivity contribution in [1.82, 2.24) is 15.6 Å². The van der Waals surface area contributed by atoms with Crippen LogP contribution < -0.4 is 16.0 Å². The van der Waals surface area contributed by atoms with Gasteiger partial charge in [-0.1, -0.05) is 23.7 Å². The second-order valence-electron chi connectivity index (χ2n) is 5.20. The number of hydrogen-bond acceptors (Lipinski definition) is 5. The van der Waals surface area contributed by atoms with Crippen molar-refractivity contribution in [2.45, 2.75) is 0 Å². The minimum absolute atomic E-state index is 0.00915.